The molecule has 2 aromatic carbocycles. The predicted octanol–water partition coefficient (Wildman–Crippen LogP) is 5.05. The van der Waals surface area contributed by atoms with E-state index in [4.69, 9.17) is 17.3 Å². The molecule has 1 atom stereocenters. The third kappa shape index (κ3) is 5.83. The number of anilines is 1. The number of halogens is 1. The van der Waals surface area contributed by atoms with E-state index in [0.29, 0.717) is 5.25 Å². The molecule has 3 nitrogen and oxygen atoms in total. The minimum Gasteiger partial charge on any atom is -0.399 e. The lowest BCUT2D eigenvalue weighted by Crippen LogP contribution is -2.13. The predicted molar refractivity (Wildman–Crippen MR) is 108 cm³/mol. The van der Waals surface area contributed by atoms with Crippen LogP contribution in [0.25, 0.3) is 0 Å². The largest absolute Gasteiger partial charge is 0.399 e. The highest BCUT2D eigenvalue weighted by Gasteiger charge is 2.11. The SMILES string of the molecule is Nc1ccc(CSC(CCc2ccc(Cl)cc2)Cn2ccnc2)cc1. The van der Waals surface area contributed by atoms with Crippen LogP contribution in [-0.2, 0) is 18.7 Å². The second kappa shape index (κ2) is 8.97. The molecule has 0 saturated heterocycles. The Bertz CT molecular complexity index is 705. The topological polar surface area (TPSA) is 43.8 Å². The van der Waals surface area contributed by atoms with Crippen molar-refractivity contribution < 1.29 is 0 Å². The van der Waals surface area contributed by atoms with Crippen molar-refractivity contribution in [1.29, 1.82) is 0 Å². The number of aryl methyl sites for hydroxylation is 1. The van der Waals surface area contributed by atoms with Gasteiger partial charge in [0.1, 0.15) is 0 Å². The maximum atomic E-state index is 5.97. The van der Waals surface area contributed by atoms with Crippen LogP contribution in [0.15, 0.2) is 67.3 Å². The molecule has 0 bridgehead atoms. The molecule has 1 aromatic heterocycles. The van der Waals surface area contributed by atoms with Gasteiger partial charge in [0.25, 0.3) is 0 Å². The fourth-order valence-electron chi connectivity index (χ4n) is 2.66. The highest BCUT2D eigenvalue weighted by Crippen LogP contribution is 2.24. The number of hydrogen-bond acceptors (Lipinski definition) is 3. The molecule has 5 heteroatoms. The summed E-state index contributed by atoms with van der Waals surface area (Å²) in [5.41, 5.74) is 9.21. The lowest BCUT2D eigenvalue weighted by molar-refractivity contribution is 0.624. The van der Waals surface area contributed by atoms with E-state index in [1.165, 1.54) is 11.1 Å². The van der Waals surface area contributed by atoms with Crippen molar-refractivity contribution in [2.75, 3.05) is 5.73 Å². The zero-order chi connectivity index (χ0) is 17.5. The molecule has 3 aromatic rings. The molecular weight excluding hydrogens is 350 g/mol. The van der Waals surface area contributed by atoms with Gasteiger partial charge in [0, 0.05) is 40.7 Å². The number of imidazole rings is 1. The summed E-state index contributed by atoms with van der Waals surface area (Å²) in [4.78, 5) is 4.16. The Kier molecular flexibility index (Phi) is 6.42. The van der Waals surface area contributed by atoms with Gasteiger partial charge in [-0.2, -0.15) is 11.8 Å². The Labute approximate surface area is 158 Å². The average Bonchev–Trinajstić information content (AvgIpc) is 3.13. The highest BCUT2D eigenvalue weighted by atomic mass is 35.5. The fourth-order valence-corrected chi connectivity index (χ4v) is 3.97. The van der Waals surface area contributed by atoms with Gasteiger partial charge in [-0.15, -0.1) is 0 Å². The van der Waals surface area contributed by atoms with E-state index in [-0.39, 0.29) is 0 Å². The third-order valence-electron chi connectivity index (χ3n) is 4.11. The van der Waals surface area contributed by atoms with E-state index in [1.807, 2.05) is 54.7 Å². The van der Waals surface area contributed by atoms with Gasteiger partial charge in [0.05, 0.1) is 6.33 Å². The Morgan fingerprint density at radius 2 is 1.76 bits per heavy atom. The summed E-state index contributed by atoms with van der Waals surface area (Å²) >= 11 is 7.96. The van der Waals surface area contributed by atoms with Gasteiger partial charge < -0.3 is 10.3 Å². The molecule has 1 unspecified atom stereocenters. The van der Waals surface area contributed by atoms with Crippen molar-refractivity contribution in [1.82, 2.24) is 9.55 Å². The first kappa shape index (κ1) is 17.9. The van der Waals surface area contributed by atoms with Crippen LogP contribution in [0.5, 0.6) is 0 Å². The number of nitrogens with two attached hydrogens (primary N) is 1. The van der Waals surface area contributed by atoms with Gasteiger partial charge in [-0.05, 0) is 48.2 Å². The third-order valence-corrected chi connectivity index (χ3v) is 5.72. The average molecular weight is 372 g/mol. The molecule has 2 N–H and O–H groups in total. The van der Waals surface area contributed by atoms with E-state index < -0.39 is 0 Å². The van der Waals surface area contributed by atoms with E-state index in [1.54, 1.807) is 0 Å². The number of nitrogens with zero attached hydrogens (tertiary/aromatic N) is 2. The van der Waals surface area contributed by atoms with Gasteiger partial charge in [0.2, 0.25) is 0 Å². The number of aromatic nitrogens is 2. The van der Waals surface area contributed by atoms with E-state index >= 15 is 0 Å². The zero-order valence-electron chi connectivity index (χ0n) is 14.0. The van der Waals surface area contributed by atoms with Crippen LogP contribution in [0.1, 0.15) is 17.5 Å². The van der Waals surface area contributed by atoms with Crippen molar-refractivity contribution in [3.63, 3.8) is 0 Å². The number of thioether (sulfide) groups is 1. The van der Waals surface area contributed by atoms with Gasteiger partial charge in [-0.25, -0.2) is 4.98 Å². The van der Waals surface area contributed by atoms with Crippen LogP contribution in [-0.4, -0.2) is 14.8 Å². The van der Waals surface area contributed by atoms with Crippen LogP contribution >= 0.6 is 23.4 Å². The number of nitrogen functional groups attached to an aromatic ring is 1. The first-order valence-corrected chi connectivity index (χ1v) is 9.78. The van der Waals surface area contributed by atoms with E-state index in [0.717, 1.165) is 35.8 Å². The van der Waals surface area contributed by atoms with Crippen LogP contribution in [0, 0.1) is 0 Å². The van der Waals surface area contributed by atoms with Crippen molar-refractivity contribution in [3.05, 3.63) is 83.4 Å². The Morgan fingerprint density at radius 1 is 1.04 bits per heavy atom. The lowest BCUT2D eigenvalue weighted by atomic mass is 10.1. The molecule has 0 aliphatic heterocycles. The van der Waals surface area contributed by atoms with Crippen LogP contribution < -0.4 is 5.73 Å². The van der Waals surface area contributed by atoms with Crippen LogP contribution in [0.2, 0.25) is 5.02 Å². The van der Waals surface area contributed by atoms with E-state index in [2.05, 4.69) is 33.8 Å². The summed E-state index contributed by atoms with van der Waals surface area (Å²) in [7, 11) is 0. The zero-order valence-corrected chi connectivity index (χ0v) is 15.6. The quantitative estimate of drug-likeness (QED) is 0.563. The van der Waals surface area contributed by atoms with Crippen molar-refractivity contribution >= 4 is 29.1 Å². The normalized spacial score (nSPS) is 12.2. The Balaban J connectivity index is 1.59. The molecule has 0 aliphatic rings. The van der Waals surface area contributed by atoms with Gasteiger partial charge in [-0.3, -0.25) is 0 Å². The number of hydrogen-bond donors (Lipinski definition) is 1. The standard InChI is InChI=1S/C20H22ClN3S/c21-18-6-1-16(2-7-18)5-10-20(13-24-12-11-23-15-24)25-14-17-3-8-19(22)9-4-17/h1-4,6-9,11-12,15,20H,5,10,13-14,22H2. The van der Waals surface area contributed by atoms with Crippen LogP contribution in [0.3, 0.4) is 0 Å². The van der Waals surface area contributed by atoms with E-state index in [9.17, 15) is 0 Å². The second-order valence-electron chi connectivity index (χ2n) is 6.10. The molecule has 3 rings (SSSR count). The molecule has 0 radical (unpaired) electrons. The summed E-state index contributed by atoms with van der Waals surface area (Å²) in [6.07, 6.45) is 7.91. The molecule has 1 heterocycles. The maximum absolute atomic E-state index is 5.97. The summed E-state index contributed by atoms with van der Waals surface area (Å²) in [6.45, 7) is 0.966. The molecule has 0 amide bonds. The molecule has 0 fully saturated rings. The smallest absolute Gasteiger partial charge is 0.0946 e. The molecule has 25 heavy (non-hydrogen) atoms. The van der Waals surface area contributed by atoms with Gasteiger partial charge >= 0.3 is 0 Å². The van der Waals surface area contributed by atoms with Gasteiger partial charge in [0.15, 0.2) is 0 Å². The number of rotatable bonds is 8. The van der Waals surface area contributed by atoms with Crippen LogP contribution in [0.4, 0.5) is 5.69 Å². The van der Waals surface area contributed by atoms with Gasteiger partial charge in [-0.1, -0.05) is 35.9 Å². The monoisotopic (exact) mass is 371 g/mol. The lowest BCUT2D eigenvalue weighted by Gasteiger charge is -2.17. The minimum atomic E-state index is 0.516. The molecule has 0 aliphatic carbocycles. The Morgan fingerprint density at radius 3 is 2.44 bits per heavy atom. The maximum Gasteiger partial charge on any atom is 0.0946 e. The minimum absolute atomic E-state index is 0.516. The molecule has 0 spiro atoms. The second-order valence-corrected chi connectivity index (χ2v) is 7.82. The summed E-state index contributed by atoms with van der Waals surface area (Å²) < 4.78 is 2.16. The summed E-state index contributed by atoms with van der Waals surface area (Å²) in [5, 5.41) is 1.30. The fraction of sp³-hybridized carbons (Fsp3) is 0.250. The van der Waals surface area contributed by atoms with Crippen molar-refractivity contribution in [2.24, 2.45) is 0 Å². The molecule has 0 saturated carbocycles. The van der Waals surface area contributed by atoms with Crippen molar-refractivity contribution in [2.45, 2.75) is 30.4 Å². The van der Waals surface area contributed by atoms with Crippen molar-refractivity contribution in [3.8, 4) is 0 Å². The summed E-state index contributed by atoms with van der Waals surface area (Å²) in [6, 6.07) is 16.3. The number of benzene rings is 2. The Hall–Kier alpha value is -1.91. The molecular formula is C20H22ClN3S. The highest BCUT2D eigenvalue weighted by molar-refractivity contribution is 7.99. The first-order chi connectivity index (χ1) is 12.2. The summed E-state index contributed by atoms with van der Waals surface area (Å²) in [5.74, 6) is 0.986. The first-order valence-electron chi connectivity index (χ1n) is 8.35. The molecule has 130 valence electrons.